The maximum absolute atomic E-state index is 6.60. The van der Waals surface area contributed by atoms with E-state index < -0.39 is 5.41 Å². The first-order valence-electron chi connectivity index (χ1n) is 21.0. The van der Waals surface area contributed by atoms with E-state index in [1.54, 1.807) is 0 Å². The molecule has 0 unspecified atom stereocenters. The molecular formula is C59H39NO. The van der Waals surface area contributed by atoms with Gasteiger partial charge in [-0.15, -0.1) is 0 Å². The quantitative estimate of drug-likeness (QED) is 0.160. The Kier molecular flexibility index (Phi) is 8.11. The number of fused-ring (bicyclic) bond motifs is 8. The molecule has 0 saturated heterocycles. The minimum Gasteiger partial charge on any atom is -0.455 e. The third-order valence-corrected chi connectivity index (χ3v) is 12.8. The van der Waals surface area contributed by atoms with Gasteiger partial charge < -0.3 is 9.32 Å². The van der Waals surface area contributed by atoms with Crippen LogP contribution in [0.1, 0.15) is 22.3 Å². The van der Waals surface area contributed by atoms with Crippen molar-refractivity contribution in [1.29, 1.82) is 0 Å². The predicted molar refractivity (Wildman–Crippen MR) is 254 cm³/mol. The lowest BCUT2D eigenvalue weighted by atomic mass is 9.68. The lowest BCUT2D eigenvalue weighted by Gasteiger charge is -2.34. The maximum Gasteiger partial charge on any atom is 0.143 e. The van der Waals surface area contributed by atoms with Gasteiger partial charge in [-0.3, -0.25) is 0 Å². The Labute approximate surface area is 355 Å². The number of para-hydroxylation sites is 1. The zero-order valence-corrected chi connectivity index (χ0v) is 33.4. The van der Waals surface area contributed by atoms with E-state index in [1.807, 2.05) is 0 Å². The van der Waals surface area contributed by atoms with Crippen LogP contribution in [0, 0.1) is 0 Å². The molecule has 10 aromatic carbocycles. The average molecular weight is 778 g/mol. The van der Waals surface area contributed by atoms with Crippen molar-refractivity contribution in [1.82, 2.24) is 0 Å². The molecule has 1 aliphatic rings. The van der Waals surface area contributed by atoms with Crippen molar-refractivity contribution in [2.75, 3.05) is 4.90 Å². The number of anilines is 3. The minimum absolute atomic E-state index is 0.518. The molecule has 0 N–H and O–H groups in total. The monoisotopic (exact) mass is 777 g/mol. The fourth-order valence-corrected chi connectivity index (χ4v) is 10.2. The molecule has 0 spiro atoms. The highest BCUT2D eigenvalue weighted by Crippen LogP contribution is 2.60. The zero-order valence-electron chi connectivity index (χ0n) is 33.4. The first-order chi connectivity index (χ1) is 30.3. The van der Waals surface area contributed by atoms with Gasteiger partial charge in [0.05, 0.1) is 16.8 Å². The molecule has 0 amide bonds. The minimum atomic E-state index is -0.518. The van der Waals surface area contributed by atoms with E-state index in [-0.39, 0.29) is 0 Å². The van der Waals surface area contributed by atoms with Crippen molar-refractivity contribution in [3.8, 4) is 33.4 Å². The maximum atomic E-state index is 6.60. The first-order valence-corrected chi connectivity index (χ1v) is 21.0. The molecule has 286 valence electrons. The van der Waals surface area contributed by atoms with E-state index >= 15 is 0 Å². The summed E-state index contributed by atoms with van der Waals surface area (Å²) in [7, 11) is 0. The van der Waals surface area contributed by atoms with Crippen molar-refractivity contribution in [3.05, 3.63) is 259 Å². The molecule has 2 nitrogen and oxygen atoms in total. The van der Waals surface area contributed by atoms with Crippen LogP contribution in [0.2, 0.25) is 0 Å². The summed E-state index contributed by atoms with van der Waals surface area (Å²) in [5.74, 6) is 0. The van der Waals surface area contributed by atoms with Crippen LogP contribution in [0.3, 0.4) is 0 Å². The van der Waals surface area contributed by atoms with Crippen LogP contribution in [-0.2, 0) is 5.41 Å². The second-order valence-corrected chi connectivity index (χ2v) is 15.9. The lowest BCUT2D eigenvalue weighted by Crippen LogP contribution is -2.28. The summed E-state index contributed by atoms with van der Waals surface area (Å²) >= 11 is 0. The molecule has 1 aromatic heterocycles. The fraction of sp³-hybridized carbons (Fsp3) is 0.0169. The summed E-state index contributed by atoms with van der Waals surface area (Å²) in [5, 5.41) is 4.57. The van der Waals surface area contributed by atoms with Crippen LogP contribution in [-0.4, -0.2) is 0 Å². The Hall–Kier alpha value is -7.94. The highest BCUT2D eigenvalue weighted by molar-refractivity contribution is 6.19. The Bertz CT molecular complexity index is 3360. The highest BCUT2D eigenvalue weighted by atomic mass is 16.3. The molecule has 1 aliphatic carbocycles. The molecule has 0 atom stereocenters. The number of rotatable bonds is 7. The van der Waals surface area contributed by atoms with E-state index in [1.165, 1.54) is 44.3 Å². The fourth-order valence-electron chi connectivity index (χ4n) is 10.2. The van der Waals surface area contributed by atoms with E-state index in [0.717, 1.165) is 61.1 Å². The van der Waals surface area contributed by atoms with Crippen LogP contribution >= 0.6 is 0 Å². The Morgan fingerprint density at radius 2 is 0.934 bits per heavy atom. The summed E-state index contributed by atoms with van der Waals surface area (Å²) in [6.07, 6.45) is 0. The third kappa shape index (κ3) is 5.36. The van der Waals surface area contributed by atoms with Crippen LogP contribution in [0.25, 0.3) is 66.1 Å². The Morgan fingerprint density at radius 1 is 0.361 bits per heavy atom. The van der Waals surface area contributed by atoms with Gasteiger partial charge in [0.1, 0.15) is 11.2 Å². The summed E-state index contributed by atoms with van der Waals surface area (Å²) in [5.41, 5.74) is 16.8. The molecule has 0 bridgehead atoms. The molecule has 2 heteroatoms. The molecule has 0 radical (unpaired) electrons. The van der Waals surface area contributed by atoms with Crippen molar-refractivity contribution in [2.24, 2.45) is 0 Å². The first kappa shape index (κ1) is 35.0. The van der Waals surface area contributed by atoms with Gasteiger partial charge in [0, 0.05) is 33.0 Å². The van der Waals surface area contributed by atoms with E-state index in [0.29, 0.717) is 0 Å². The molecule has 11 aromatic rings. The van der Waals surface area contributed by atoms with Crippen molar-refractivity contribution >= 4 is 49.8 Å². The van der Waals surface area contributed by atoms with Gasteiger partial charge in [0.2, 0.25) is 0 Å². The van der Waals surface area contributed by atoms with Crippen molar-refractivity contribution in [3.63, 3.8) is 0 Å². The van der Waals surface area contributed by atoms with Gasteiger partial charge in [-0.25, -0.2) is 0 Å². The van der Waals surface area contributed by atoms with Gasteiger partial charge in [0.25, 0.3) is 0 Å². The predicted octanol–water partition coefficient (Wildman–Crippen LogP) is 15.9. The second kappa shape index (κ2) is 14.1. The van der Waals surface area contributed by atoms with E-state index in [2.05, 4.69) is 241 Å². The topological polar surface area (TPSA) is 16.4 Å². The van der Waals surface area contributed by atoms with E-state index in [4.69, 9.17) is 4.42 Å². The van der Waals surface area contributed by atoms with Crippen molar-refractivity contribution in [2.45, 2.75) is 5.41 Å². The van der Waals surface area contributed by atoms with Gasteiger partial charge in [0.15, 0.2) is 0 Å². The van der Waals surface area contributed by atoms with Crippen LogP contribution in [0.5, 0.6) is 0 Å². The Balaban J connectivity index is 1.10. The van der Waals surface area contributed by atoms with Crippen LogP contribution in [0.15, 0.2) is 241 Å². The highest BCUT2D eigenvalue weighted by Gasteiger charge is 2.47. The Morgan fingerprint density at radius 3 is 1.70 bits per heavy atom. The summed E-state index contributed by atoms with van der Waals surface area (Å²) in [4.78, 5) is 2.48. The summed E-state index contributed by atoms with van der Waals surface area (Å²) in [6.45, 7) is 0. The van der Waals surface area contributed by atoms with Crippen LogP contribution < -0.4 is 4.90 Å². The smallest absolute Gasteiger partial charge is 0.143 e. The summed E-state index contributed by atoms with van der Waals surface area (Å²) in [6, 6.07) is 86.0. The number of furan rings is 1. The van der Waals surface area contributed by atoms with E-state index in [9.17, 15) is 0 Å². The lowest BCUT2D eigenvalue weighted by molar-refractivity contribution is 0.673. The number of hydrogen-bond acceptors (Lipinski definition) is 2. The van der Waals surface area contributed by atoms with Gasteiger partial charge >= 0.3 is 0 Å². The SMILES string of the molecule is c1ccc(-c2ccccc2N(c2ccc(-c3cccc4oc5c6ccccc6ccc5c34)cc2)c2cccc3c2-c2ccccc2C3(c2ccccc2)c2ccccc2)cc1. The number of nitrogens with zero attached hydrogens (tertiary/aromatic N) is 1. The molecular weight excluding hydrogens is 739 g/mol. The molecule has 12 rings (SSSR count). The molecule has 0 saturated carbocycles. The zero-order chi connectivity index (χ0) is 40.3. The normalized spacial score (nSPS) is 12.7. The second-order valence-electron chi connectivity index (χ2n) is 15.9. The number of benzene rings is 10. The van der Waals surface area contributed by atoms with Crippen LogP contribution in [0.4, 0.5) is 17.1 Å². The molecule has 1 heterocycles. The molecule has 0 aliphatic heterocycles. The third-order valence-electron chi connectivity index (χ3n) is 12.8. The molecule has 0 fully saturated rings. The number of hydrogen-bond donors (Lipinski definition) is 0. The van der Waals surface area contributed by atoms with Crippen molar-refractivity contribution < 1.29 is 4.42 Å². The van der Waals surface area contributed by atoms with Gasteiger partial charge in [-0.05, 0) is 86.3 Å². The van der Waals surface area contributed by atoms with Gasteiger partial charge in [-0.2, -0.15) is 0 Å². The average Bonchev–Trinajstić information content (AvgIpc) is 3.88. The largest absolute Gasteiger partial charge is 0.455 e. The standard InChI is InChI=1S/C59H39NO/c1-4-18-40(19-5-1)46-25-13-15-31-53(46)60(45-37-34-42(35-38-45)47-28-16-33-55-56(47)50-39-36-41-20-10-11-26-48(41)58(50)61-55)54-32-17-30-52-57(54)49-27-12-14-29-51(49)59(52,43-21-6-2-7-22-43)44-23-8-3-9-24-44/h1-39H. The molecule has 61 heavy (non-hydrogen) atoms. The van der Waals surface area contributed by atoms with Gasteiger partial charge in [-0.1, -0.05) is 200 Å². The summed E-state index contributed by atoms with van der Waals surface area (Å²) < 4.78 is 6.60.